The van der Waals surface area contributed by atoms with Gasteiger partial charge in [-0.15, -0.1) is 0 Å². The summed E-state index contributed by atoms with van der Waals surface area (Å²) in [6.45, 7) is 4.00. The number of aromatic nitrogens is 3. The molecule has 192 valence electrons. The Kier molecular flexibility index (Phi) is 6.39. The molecule has 3 heterocycles. The second kappa shape index (κ2) is 9.83. The average molecular weight is 512 g/mol. The Hall–Kier alpha value is -4.96. The Bertz CT molecular complexity index is 1550. The van der Waals surface area contributed by atoms with Crippen molar-refractivity contribution in [2.24, 2.45) is 0 Å². The molecule has 2 aromatic carbocycles. The van der Waals surface area contributed by atoms with E-state index in [1.165, 1.54) is 18.5 Å². The van der Waals surface area contributed by atoms with E-state index in [0.717, 1.165) is 11.6 Å². The van der Waals surface area contributed by atoms with Crippen LogP contribution in [-0.2, 0) is 19.9 Å². The molecule has 0 spiro atoms. The van der Waals surface area contributed by atoms with Crippen LogP contribution in [0.2, 0.25) is 0 Å². The molecule has 3 N–H and O–H groups in total. The number of amides is 1. The highest BCUT2D eigenvalue weighted by molar-refractivity contribution is 5.98. The smallest absolute Gasteiger partial charge is 0.328 e. The van der Waals surface area contributed by atoms with Crippen molar-refractivity contribution in [3.8, 4) is 22.6 Å². The zero-order chi connectivity index (χ0) is 26.9. The lowest BCUT2D eigenvalue weighted by atomic mass is 9.85. The molecule has 0 radical (unpaired) electrons. The van der Waals surface area contributed by atoms with E-state index in [2.05, 4.69) is 16.7 Å². The normalized spacial score (nSPS) is 14.4. The number of rotatable bonds is 8. The molecule has 1 fully saturated rings. The highest BCUT2D eigenvalue weighted by atomic mass is 16.5. The number of carboxylic acid groups (broad SMARTS) is 1. The maximum atomic E-state index is 12.2. The molecule has 10 nitrogen and oxygen atoms in total. The lowest BCUT2D eigenvalue weighted by Crippen LogP contribution is -2.62. The quantitative estimate of drug-likeness (QED) is 0.342. The second-order valence-electron chi connectivity index (χ2n) is 8.75. The number of aliphatic carboxylic acids is 1. The van der Waals surface area contributed by atoms with Crippen LogP contribution in [0.4, 0.5) is 5.82 Å². The summed E-state index contributed by atoms with van der Waals surface area (Å²) < 4.78 is 13.5. The van der Waals surface area contributed by atoms with Crippen LogP contribution in [0.15, 0.2) is 79.7 Å². The van der Waals surface area contributed by atoms with Crippen LogP contribution >= 0.6 is 0 Å². The molecule has 0 bridgehead atoms. The minimum Gasteiger partial charge on any atom is -0.478 e. The van der Waals surface area contributed by atoms with E-state index >= 15 is 0 Å². The van der Waals surface area contributed by atoms with Gasteiger partial charge in [0, 0.05) is 24.3 Å². The average Bonchev–Trinajstić information content (AvgIpc) is 3.24. The molecule has 5 rings (SSSR count). The van der Waals surface area contributed by atoms with Gasteiger partial charge < -0.3 is 25.2 Å². The zero-order valence-corrected chi connectivity index (χ0v) is 20.6. The minimum absolute atomic E-state index is 0.209. The number of carboxylic acids is 1. The molecule has 0 saturated carbocycles. The van der Waals surface area contributed by atoms with E-state index < -0.39 is 11.6 Å². The third-order valence-electron chi connectivity index (χ3n) is 6.51. The number of benzene rings is 2. The van der Waals surface area contributed by atoms with Crippen molar-refractivity contribution < 1.29 is 24.2 Å². The molecule has 0 aliphatic carbocycles. The number of nitrogens with zero attached hydrogens (tertiary/aromatic N) is 4. The number of nitrogens with two attached hydrogens (primary N) is 1. The van der Waals surface area contributed by atoms with Gasteiger partial charge in [-0.3, -0.25) is 4.79 Å². The predicted octanol–water partition coefficient (Wildman–Crippen LogP) is 3.74. The topological polar surface area (TPSA) is 132 Å². The van der Waals surface area contributed by atoms with Crippen LogP contribution in [-0.4, -0.2) is 56.7 Å². The number of carbonyl (C=O) groups is 2. The van der Waals surface area contributed by atoms with E-state index in [4.69, 9.17) is 15.2 Å². The van der Waals surface area contributed by atoms with Crippen molar-refractivity contribution in [1.82, 2.24) is 19.5 Å². The van der Waals surface area contributed by atoms with Gasteiger partial charge in [0.25, 0.3) is 0 Å². The van der Waals surface area contributed by atoms with Crippen LogP contribution in [0.25, 0.3) is 22.7 Å². The third kappa shape index (κ3) is 4.27. The van der Waals surface area contributed by atoms with E-state index in [1.54, 1.807) is 16.5 Å². The lowest BCUT2D eigenvalue weighted by molar-refractivity contribution is -0.161. The molecule has 0 unspecified atom stereocenters. The highest BCUT2D eigenvalue weighted by Crippen LogP contribution is 2.45. The van der Waals surface area contributed by atoms with Gasteiger partial charge in [0.1, 0.15) is 28.9 Å². The van der Waals surface area contributed by atoms with Crippen molar-refractivity contribution in [2.45, 2.75) is 5.60 Å². The SMILES string of the molecule is C=CC(=O)N1CC(OC)(c2c(C=CC(=O)O)c(-c3ccc(Oc4ccccc4)cc3)c3c(N)ncnn23)C1. The van der Waals surface area contributed by atoms with Gasteiger partial charge in [-0.2, -0.15) is 5.10 Å². The number of para-hydroxylation sites is 1. The van der Waals surface area contributed by atoms with Crippen molar-refractivity contribution in [3.05, 3.63) is 90.9 Å². The van der Waals surface area contributed by atoms with Gasteiger partial charge >= 0.3 is 5.97 Å². The summed E-state index contributed by atoms with van der Waals surface area (Å²) in [6.07, 6.45) is 5.11. The fourth-order valence-corrected chi connectivity index (χ4v) is 4.72. The summed E-state index contributed by atoms with van der Waals surface area (Å²) in [5, 5.41) is 13.9. The van der Waals surface area contributed by atoms with Crippen molar-refractivity contribution in [1.29, 1.82) is 0 Å². The minimum atomic E-state index is -1.12. The van der Waals surface area contributed by atoms with Gasteiger partial charge in [-0.1, -0.05) is 36.9 Å². The summed E-state index contributed by atoms with van der Waals surface area (Å²) in [5.74, 6) is 0.183. The van der Waals surface area contributed by atoms with Crippen LogP contribution in [0, 0.1) is 0 Å². The lowest BCUT2D eigenvalue weighted by Gasteiger charge is -2.48. The molecular weight excluding hydrogens is 486 g/mol. The van der Waals surface area contributed by atoms with Crippen molar-refractivity contribution in [2.75, 3.05) is 25.9 Å². The molecular formula is C28H25N5O5. The first kappa shape index (κ1) is 24.7. The summed E-state index contributed by atoms with van der Waals surface area (Å²) in [4.78, 5) is 29.6. The number of carbonyl (C=O) groups excluding carboxylic acids is 1. The van der Waals surface area contributed by atoms with Crippen molar-refractivity contribution in [3.63, 3.8) is 0 Å². The number of hydrogen-bond acceptors (Lipinski definition) is 7. The van der Waals surface area contributed by atoms with Crippen LogP contribution in [0.5, 0.6) is 11.5 Å². The molecule has 38 heavy (non-hydrogen) atoms. The van der Waals surface area contributed by atoms with Gasteiger partial charge in [0.2, 0.25) is 5.91 Å². The highest BCUT2D eigenvalue weighted by Gasteiger charge is 2.50. The van der Waals surface area contributed by atoms with Crippen LogP contribution < -0.4 is 10.5 Å². The molecule has 1 amide bonds. The van der Waals surface area contributed by atoms with E-state index in [-0.39, 0.29) is 24.8 Å². The third-order valence-corrected chi connectivity index (χ3v) is 6.51. The Morgan fingerprint density at radius 3 is 2.42 bits per heavy atom. The number of fused-ring (bicyclic) bond motifs is 1. The van der Waals surface area contributed by atoms with Gasteiger partial charge in [0.05, 0.1) is 18.8 Å². The molecule has 1 aliphatic heterocycles. The number of likely N-dealkylation sites (tertiary alicyclic amines) is 1. The molecule has 10 heteroatoms. The monoisotopic (exact) mass is 511 g/mol. The summed E-state index contributed by atoms with van der Waals surface area (Å²) in [6, 6.07) is 16.7. The van der Waals surface area contributed by atoms with Crippen molar-refractivity contribution >= 4 is 29.3 Å². The Labute approximate surface area is 218 Å². The van der Waals surface area contributed by atoms with Crippen LogP contribution in [0.3, 0.4) is 0 Å². The molecule has 4 aromatic rings. The number of methoxy groups -OCH3 is 1. The maximum absolute atomic E-state index is 12.2. The number of hydrogen-bond donors (Lipinski definition) is 2. The summed E-state index contributed by atoms with van der Waals surface area (Å²) >= 11 is 0. The molecule has 1 aliphatic rings. The predicted molar refractivity (Wildman–Crippen MR) is 141 cm³/mol. The Morgan fingerprint density at radius 1 is 1.11 bits per heavy atom. The molecule has 0 atom stereocenters. The van der Waals surface area contributed by atoms with E-state index in [0.29, 0.717) is 33.8 Å². The zero-order valence-electron chi connectivity index (χ0n) is 20.6. The summed E-state index contributed by atoms with van der Waals surface area (Å²) in [5.41, 5.74) is 8.36. The molecule has 1 saturated heterocycles. The van der Waals surface area contributed by atoms with Crippen LogP contribution in [0.1, 0.15) is 11.3 Å². The van der Waals surface area contributed by atoms with E-state index in [1.807, 2.05) is 54.6 Å². The fraction of sp³-hybridized carbons (Fsp3) is 0.143. The number of ether oxygens (including phenoxy) is 2. The largest absolute Gasteiger partial charge is 0.478 e. The fourth-order valence-electron chi connectivity index (χ4n) is 4.72. The first-order valence-corrected chi connectivity index (χ1v) is 11.7. The number of anilines is 1. The number of nitrogen functional groups attached to an aromatic ring is 1. The van der Waals surface area contributed by atoms with Gasteiger partial charge in [-0.25, -0.2) is 14.3 Å². The first-order valence-electron chi connectivity index (χ1n) is 11.7. The Balaban J connectivity index is 1.68. The molecule has 2 aromatic heterocycles. The Morgan fingerprint density at radius 2 is 1.79 bits per heavy atom. The standard InChI is InChI=1S/C28H25N5O5/c1-3-22(34)32-15-28(16-32,37-2)26-21(13-14-23(35)36)24(25-27(29)30-17-31-33(25)26)18-9-11-20(12-10-18)38-19-7-5-4-6-8-19/h3-14,17H,1,15-16H2,2H3,(H,35,36)(H2,29,30,31). The van der Waals surface area contributed by atoms with Gasteiger partial charge in [-0.05, 0) is 42.0 Å². The van der Waals surface area contributed by atoms with E-state index in [9.17, 15) is 14.7 Å². The maximum Gasteiger partial charge on any atom is 0.328 e. The van der Waals surface area contributed by atoms with Gasteiger partial charge in [0.15, 0.2) is 5.82 Å². The second-order valence-corrected chi connectivity index (χ2v) is 8.75. The summed E-state index contributed by atoms with van der Waals surface area (Å²) in [7, 11) is 1.54. The first-order chi connectivity index (χ1) is 18.4.